The summed E-state index contributed by atoms with van der Waals surface area (Å²) in [6.45, 7) is 5.96. The lowest BCUT2D eigenvalue weighted by molar-refractivity contribution is -0.119. The number of rotatable bonds is 8. The second kappa shape index (κ2) is 8.73. The molecule has 6 nitrogen and oxygen atoms in total. The first kappa shape index (κ1) is 20.9. The molecule has 0 aliphatic carbocycles. The third-order valence-corrected chi connectivity index (χ3v) is 3.50. The Hall–Kier alpha value is -0.370. The monoisotopic (exact) mass is 316 g/mol. The van der Waals surface area contributed by atoms with Crippen LogP contribution in [-0.4, -0.2) is 37.2 Å². The molecule has 0 aromatic heterocycles. The topological polar surface area (TPSA) is 109 Å². The van der Waals surface area contributed by atoms with Gasteiger partial charge in [0.1, 0.15) is 0 Å². The standard InChI is InChI=1S/C11H24N2O4S.ClH/c1-9(14)13-10(4-7-18(15,16)17)8-11(2,3)5-6-12;/h10H,4-8,12H2,1-3H3,(H,13,14)(H,15,16,17);1H. The Morgan fingerprint density at radius 2 is 1.95 bits per heavy atom. The summed E-state index contributed by atoms with van der Waals surface area (Å²) in [5.74, 6) is -0.560. The Labute approximate surface area is 121 Å². The maximum Gasteiger partial charge on any atom is 0.264 e. The van der Waals surface area contributed by atoms with Crippen LogP contribution in [0.2, 0.25) is 0 Å². The van der Waals surface area contributed by atoms with Crippen molar-refractivity contribution in [1.29, 1.82) is 0 Å². The number of carbonyl (C=O) groups is 1. The third-order valence-electron chi connectivity index (χ3n) is 2.75. The maximum absolute atomic E-state index is 11.1. The highest BCUT2D eigenvalue weighted by Gasteiger charge is 2.24. The summed E-state index contributed by atoms with van der Waals surface area (Å²) in [6, 6.07) is -0.272. The molecule has 8 heteroatoms. The average Bonchev–Trinajstić information content (AvgIpc) is 2.11. The van der Waals surface area contributed by atoms with Gasteiger partial charge in [0.2, 0.25) is 5.91 Å². The Kier molecular flexibility index (Phi) is 9.62. The minimum atomic E-state index is -4.00. The van der Waals surface area contributed by atoms with Crippen LogP contribution in [0.1, 0.15) is 40.0 Å². The van der Waals surface area contributed by atoms with Gasteiger partial charge in [-0.3, -0.25) is 9.35 Å². The highest BCUT2D eigenvalue weighted by atomic mass is 35.5. The molecule has 0 bridgehead atoms. The van der Waals surface area contributed by atoms with Gasteiger partial charge in [-0.15, -0.1) is 12.4 Å². The zero-order valence-electron chi connectivity index (χ0n) is 11.7. The molecular formula is C11H25ClN2O4S. The van der Waals surface area contributed by atoms with Crippen molar-refractivity contribution in [3.63, 3.8) is 0 Å². The van der Waals surface area contributed by atoms with Crippen LogP contribution in [0.15, 0.2) is 0 Å². The van der Waals surface area contributed by atoms with Crippen molar-refractivity contribution in [3.05, 3.63) is 0 Å². The molecule has 0 aromatic rings. The van der Waals surface area contributed by atoms with Gasteiger partial charge in [-0.25, -0.2) is 0 Å². The van der Waals surface area contributed by atoms with Gasteiger partial charge in [-0.2, -0.15) is 8.42 Å². The van der Waals surface area contributed by atoms with E-state index in [1.54, 1.807) is 0 Å². The highest BCUT2D eigenvalue weighted by Crippen LogP contribution is 2.27. The van der Waals surface area contributed by atoms with E-state index in [2.05, 4.69) is 5.32 Å². The molecule has 0 rings (SSSR count). The van der Waals surface area contributed by atoms with Crippen LogP contribution >= 0.6 is 12.4 Å². The molecule has 0 saturated heterocycles. The van der Waals surface area contributed by atoms with Gasteiger partial charge in [0.05, 0.1) is 5.75 Å². The number of hydrogen-bond donors (Lipinski definition) is 3. The molecule has 0 heterocycles. The lowest BCUT2D eigenvalue weighted by Crippen LogP contribution is -2.38. The fourth-order valence-corrected chi connectivity index (χ4v) is 2.55. The summed E-state index contributed by atoms with van der Waals surface area (Å²) in [6.07, 6.45) is 1.61. The van der Waals surface area contributed by atoms with Crippen LogP contribution in [0.5, 0.6) is 0 Å². The number of amides is 1. The first-order valence-electron chi connectivity index (χ1n) is 5.98. The molecule has 19 heavy (non-hydrogen) atoms. The Morgan fingerprint density at radius 3 is 2.32 bits per heavy atom. The van der Waals surface area contributed by atoms with Crippen LogP contribution in [0.25, 0.3) is 0 Å². The minimum absolute atomic E-state index is 0. The summed E-state index contributed by atoms with van der Waals surface area (Å²) in [4.78, 5) is 11.1. The van der Waals surface area contributed by atoms with Crippen molar-refractivity contribution in [3.8, 4) is 0 Å². The SMILES string of the molecule is CC(=O)NC(CCS(=O)(=O)O)CC(C)(C)CCN.Cl. The van der Waals surface area contributed by atoms with Gasteiger partial charge in [-0.1, -0.05) is 13.8 Å². The lowest BCUT2D eigenvalue weighted by Gasteiger charge is -2.29. The van der Waals surface area contributed by atoms with E-state index in [9.17, 15) is 13.2 Å². The Bertz CT molecular complexity index is 371. The molecule has 116 valence electrons. The first-order valence-corrected chi connectivity index (χ1v) is 7.59. The predicted octanol–water partition coefficient (Wildman–Crippen LogP) is 0.956. The van der Waals surface area contributed by atoms with E-state index < -0.39 is 10.1 Å². The molecular weight excluding hydrogens is 292 g/mol. The van der Waals surface area contributed by atoms with Gasteiger partial charge < -0.3 is 11.1 Å². The quantitative estimate of drug-likeness (QED) is 0.578. The van der Waals surface area contributed by atoms with Gasteiger partial charge in [0, 0.05) is 13.0 Å². The van der Waals surface area contributed by atoms with Crippen molar-refractivity contribution in [2.75, 3.05) is 12.3 Å². The van der Waals surface area contributed by atoms with E-state index >= 15 is 0 Å². The van der Waals surface area contributed by atoms with Crippen molar-refractivity contribution >= 4 is 28.4 Å². The summed E-state index contributed by atoms with van der Waals surface area (Å²) in [7, 11) is -4.00. The molecule has 0 aromatic carbocycles. The van der Waals surface area contributed by atoms with E-state index in [-0.39, 0.29) is 41.9 Å². The van der Waals surface area contributed by atoms with Crippen LogP contribution < -0.4 is 11.1 Å². The molecule has 0 saturated carbocycles. The Morgan fingerprint density at radius 1 is 1.42 bits per heavy atom. The summed E-state index contributed by atoms with van der Waals surface area (Å²) >= 11 is 0. The molecule has 1 atom stereocenters. The second-order valence-corrected chi connectivity index (χ2v) is 6.95. The second-order valence-electron chi connectivity index (χ2n) is 5.38. The van der Waals surface area contributed by atoms with E-state index in [4.69, 9.17) is 10.3 Å². The Balaban J connectivity index is 0. The smallest absolute Gasteiger partial charge is 0.264 e. The predicted molar refractivity (Wildman–Crippen MR) is 78.0 cm³/mol. The molecule has 0 aliphatic rings. The van der Waals surface area contributed by atoms with Gasteiger partial charge in [-0.05, 0) is 31.2 Å². The number of halogens is 1. The molecule has 4 N–H and O–H groups in total. The molecule has 1 unspecified atom stereocenters. The summed E-state index contributed by atoms with van der Waals surface area (Å²) in [5, 5.41) is 2.71. The van der Waals surface area contributed by atoms with Crippen molar-refractivity contribution in [1.82, 2.24) is 5.32 Å². The van der Waals surface area contributed by atoms with Gasteiger partial charge >= 0.3 is 0 Å². The third kappa shape index (κ3) is 12.4. The number of carbonyl (C=O) groups excluding carboxylic acids is 1. The van der Waals surface area contributed by atoms with Gasteiger partial charge in [0.25, 0.3) is 10.1 Å². The minimum Gasteiger partial charge on any atom is -0.354 e. The van der Waals surface area contributed by atoms with E-state index in [0.29, 0.717) is 13.0 Å². The van der Waals surface area contributed by atoms with Crippen molar-refractivity contribution in [2.45, 2.75) is 46.1 Å². The van der Waals surface area contributed by atoms with E-state index in [1.165, 1.54) is 6.92 Å². The fourth-order valence-electron chi connectivity index (χ4n) is 1.96. The average molecular weight is 317 g/mol. The van der Waals surface area contributed by atoms with Crippen LogP contribution in [0, 0.1) is 5.41 Å². The zero-order valence-corrected chi connectivity index (χ0v) is 13.3. The molecule has 0 fully saturated rings. The van der Waals surface area contributed by atoms with Crippen molar-refractivity contribution in [2.24, 2.45) is 11.1 Å². The fraction of sp³-hybridized carbons (Fsp3) is 0.909. The molecule has 1 amide bonds. The van der Waals surface area contributed by atoms with Crippen LogP contribution in [0.4, 0.5) is 0 Å². The first-order chi connectivity index (χ1) is 8.06. The number of nitrogens with two attached hydrogens (primary N) is 1. The van der Waals surface area contributed by atoms with Crippen molar-refractivity contribution < 1.29 is 17.8 Å². The summed E-state index contributed by atoms with van der Waals surface area (Å²) < 4.78 is 30.2. The largest absolute Gasteiger partial charge is 0.354 e. The molecule has 0 radical (unpaired) electrons. The van der Waals surface area contributed by atoms with E-state index in [1.807, 2.05) is 13.8 Å². The highest BCUT2D eigenvalue weighted by molar-refractivity contribution is 7.85. The molecule has 0 aliphatic heterocycles. The maximum atomic E-state index is 11.1. The number of hydrogen-bond acceptors (Lipinski definition) is 4. The summed E-state index contributed by atoms with van der Waals surface area (Å²) in [5.41, 5.74) is 5.43. The normalized spacial score (nSPS) is 13.5. The zero-order chi connectivity index (χ0) is 14.4. The van der Waals surface area contributed by atoms with E-state index in [0.717, 1.165) is 6.42 Å². The van der Waals surface area contributed by atoms with Crippen LogP contribution in [0.3, 0.4) is 0 Å². The number of nitrogens with one attached hydrogen (secondary N) is 1. The molecule has 0 spiro atoms. The van der Waals surface area contributed by atoms with Gasteiger partial charge in [0.15, 0.2) is 0 Å². The van der Waals surface area contributed by atoms with Crippen LogP contribution in [-0.2, 0) is 14.9 Å². The lowest BCUT2D eigenvalue weighted by atomic mass is 9.82.